The van der Waals surface area contributed by atoms with Crippen LogP contribution in [0.25, 0.3) is 10.6 Å². The lowest BCUT2D eigenvalue weighted by Gasteiger charge is -2.21. The maximum Gasteiger partial charge on any atom is 0.255 e. The van der Waals surface area contributed by atoms with Crippen LogP contribution in [0, 0.1) is 0 Å². The van der Waals surface area contributed by atoms with Crippen LogP contribution in [-0.2, 0) is 0 Å². The molecule has 0 atom stereocenters. The first-order valence-electron chi connectivity index (χ1n) is 8.03. The second-order valence-corrected chi connectivity index (χ2v) is 6.47. The SMILES string of the molecule is COc1cc(C(=O)Nc2ccc(-c3nccs3)cc2)cc2c1OCCO2. The largest absolute Gasteiger partial charge is 0.493 e. The van der Waals surface area contributed by atoms with Crippen LogP contribution in [0.5, 0.6) is 17.2 Å². The van der Waals surface area contributed by atoms with Gasteiger partial charge in [0.1, 0.15) is 18.2 Å². The summed E-state index contributed by atoms with van der Waals surface area (Å²) in [4.78, 5) is 16.9. The van der Waals surface area contributed by atoms with E-state index in [4.69, 9.17) is 14.2 Å². The average Bonchev–Trinajstić information content (AvgIpc) is 3.22. The fourth-order valence-electron chi connectivity index (χ4n) is 2.67. The van der Waals surface area contributed by atoms with E-state index in [1.165, 1.54) is 7.11 Å². The quantitative estimate of drug-likeness (QED) is 0.758. The standard InChI is InChI=1S/C19H16N2O4S/c1-23-15-10-13(11-16-17(15)25-8-7-24-16)18(22)21-14-4-2-12(3-5-14)19-20-6-9-26-19/h2-6,9-11H,7-8H2,1H3,(H,21,22). The van der Waals surface area contributed by atoms with Crippen molar-refractivity contribution in [1.82, 2.24) is 4.98 Å². The zero-order valence-electron chi connectivity index (χ0n) is 14.0. The normalized spacial score (nSPS) is 12.5. The molecule has 3 aromatic rings. The molecule has 7 heteroatoms. The molecule has 1 N–H and O–H groups in total. The molecular formula is C19H16N2O4S. The Balaban J connectivity index is 1.55. The molecule has 132 valence electrons. The number of hydrogen-bond acceptors (Lipinski definition) is 6. The Morgan fingerprint density at radius 3 is 2.73 bits per heavy atom. The van der Waals surface area contributed by atoms with Gasteiger partial charge in [-0.05, 0) is 36.4 Å². The monoisotopic (exact) mass is 368 g/mol. The Morgan fingerprint density at radius 1 is 1.19 bits per heavy atom. The van der Waals surface area contributed by atoms with E-state index in [1.807, 2.05) is 29.6 Å². The summed E-state index contributed by atoms with van der Waals surface area (Å²) in [5.41, 5.74) is 2.15. The average molecular weight is 368 g/mol. The number of fused-ring (bicyclic) bond motifs is 1. The Labute approximate surface area is 154 Å². The zero-order valence-corrected chi connectivity index (χ0v) is 14.8. The van der Waals surface area contributed by atoms with Crippen molar-refractivity contribution in [2.24, 2.45) is 0 Å². The van der Waals surface area contributed by atoms with E-state index in [0.29, 0.717) is 41.7 Å². The molecule has 6 nitrogen and oxygen atoms in total. The number of ether oxygens (including phenoxy) is 3. The molecule has 4 rings (SSSR count). The number of methoxy groups -OCH3 is 1. The molecule has 0 saturated carbocycles. The molecule has 0 bridgehead atoms. The molecule has 1 aromatic heterocycles. The third-order valence-corrected chi connectivity index (χ3v) is 4.73. The number of anilines is 1. The molecule has 1 aliphatic heterocycles. The first-order chi connectivity index (χ1) is 12.7. The highest BCUT2D eigenvalue weighted by molar-refractivity contribution is 7.13. The van der Waals surface area contributed by atoms with Gasteiger partial charge in [-0.15, -0.1) is 11.3 Å². The van der Waals surface area contributed by atoms with E-state index in [2.05, 4.69) is 10.3 Å². The molecule has 2 aromatic carbocycles. The minimum atomic E-state index is -0.248. The summed E-state index contributed by atoms with van der Waals surface area (Å²) < 4.78 is 16.5. The van der Waals surface area contributed by atoms with Crippen LogP contribution < -0.4 is 19.5 Å². The van der Waals surface area contributed by atoms with Gasteiger partial charge < -0.3 is 19.5 Å². The molecule has 1 amide bonds. The smallest absolute Gasteiger partial charge is 0.255 e. The molecular weight excluding hydrogens is 352 g/mol. The summed E-state index contributed by atoms with van der Waals surface area (Å²) in [5.74, 6) is 1.27. The van der Waals surface area contributed by atoms with E-state index >= 15 is 0 Å². The Hall–Kier alpha value is -3.06. The van der Waals surface area contributed by atoms with Crippen molar-refractivity contribution in [3.63, 3.8) is 0 Å². The Morgan fingerprint density at radius 2 is 2.00 bits per heavy atom. The van der Waals surface area contributed by atoms with E-state index in [0.717, 1.165) is 10.6 Å². The van der Waals surface area contributed by atoms with Crippen LogP contribution in [0.15, 0.2) is 48.0 Å². The van der Waals surface area contributed by atoms with Crippen molar-refractivity contribution in [3.8, 4) is 27.8 Å². The number of aromatic nitrogens is 1. The first kappa shape index (κ1) is 16.4. The lowest BCUT2D eigenvalue weighted by molar-refractivity contribution is 0.102. The number of thiazole rings is 1. The molecule has 0 radical (unpaired) electrons. The molecule has 26 heavy (non-hydrogen) atoms. The Bertz CT molecular complexity index is 906. The second-order valence-electron chi connectivity index (χ2n) is 5.57. The molecule has 0 unspecified atom stereocenters. The summed E-state index contributed by atoms with van der Waals surface area (Å²) in [6.07, 6.45) is 1.77. The van der Waals surface area contributed by atoms with Gasteiger partial charge in [0.25, 0.3) is 5.91 Å². The van der Waals surface area contributed by atoms with Gasteiger partial charge in [0.2, 0.25) is 5.75 Å². The number of carbonyl (C=O) groups is 1. The van der Waals surface area contributed by atoms with Crippen LogP contribution in [0.3, 0.4) is 0 Å². The maximum absolute atomic E-state index is 12.6. The third-order valence-electron chi connectivity index (χ3n) is 3.91. The van der Waals surface area contributed by atoms with Crippen molar-refractivity contribution in [2.75, 3.05) is 25.6 Å². The van der Waals surface area contributed by atoms with Crippen LogP contribution in [0.2, 0.25) is 0 Å². The summed E-state index contributed by atoms with van der Waals surface area (Å²) in [7, 11) is 1.53. The van der Waals surface area contributed by atoms with Crippen molar-refractivity contribution in [1.29, 1.82) is 0 Å². The van der Waals surface area contributed by atoms with Crippen molar-refractivity contribution >= 4 is 22.9 Å². The molecule has 0 aliphatic carbocycles. The van der Waals surface area contributed by atoms with Crippen LogP contribution in [0.1, 0.15) is 10.4 Å². The minimum Gasteiger partial charge on any atom is -0.493 e. The van der Waals surface area contributed by atoms with Crippen molar-refractivity contribution in [3.05, 3.63) is 53.5 Å². The van der Waals surface area contributed by atoms with Crippen molar-refractivity contribution < 1.29 is 19.0 Å². The van der Waals surface area contributed by atoms with E-state index in [-0.39, 0.29) is 5.91 Å². The van der Waals surface area contributed by atoms with Crippen LogP contribution in [-0.4, -0.2) is 31.2 Å². The van der Waals surface area contributed by atoms with Crippen LogP contribution in [0.4, 0.5) is 5.69 Å². The highest BCUT2D eigenvalue weighted by atomic mass is 32.1. The summed E-state index contributed by atoms with van der Waals surface area (Å²) >= 11 is 1.57. The molecule has 1 aliphatic rings. The lowest BCUT2D eigenvalue weighted by atomic mass is 10.1. The number of rotatable bonds is 4. The first-order valence-corrected chi connectivity index (χ1v) is 8.91. The van der Waals surface area contributed by atoms with Gasteiger partial charge in [0.15, 0.2) is 11.5 Å². The zero-order chi connectivity index (χ0) is 17.9. The van der Waals surface area contributed by atoms with Gasteiger partial charge in [0.05, 0.1) is 7.11 Å². The highest BCUT2D eigenvalue weighted by Gasteiger charge is 2.21. The van der Waals surface area contributed by atoms with Crippen LogP contribution >= 0.6 is 11.3 Å². The number of benzene rings is 2. The number of hydrogen-bond donors (Lipinski definition) is 1. The predicted molar refractivity (Wildman–Crippen MR) is 99.5 cm³/mol. The topological polar surface area (TPSA) is 69.7 Å². The number of carbonyl (C=O) groups excluding carboxylic acids is 1. The summed E-state index contributed by atoms with van der Waals surface area (Å²) in [5, 5.41) is 5.76. The van der Waals surface area contributed by atoms with E-state index in [9.17, 15) is 4.79 Å². The molecule has 0 saturated heterocycles. The van der Waals surface area contributed by atoms with Gasteiger partial charge >= 0.3 is 0 Å². The lowest BCUT2D eigenvalue weighted by Crippen LogP contribution is -2.18. The molecule has 2 heterocycles. The molecule has 0 spiro atoms. The van der Waals surface area contributed by atoms with Gasteiger partial charge in [-0.25, -0.2) is 4.98 Å². The number of nitrogens with zero attached hydrogens (tertiary/aromatic N) is 1. The number of nitrogens with one attached hydrogen (secondary N) is 1. The Kier molecular flexibility index (Phi) is 4.45. The third kappa shape index (κ3) is 3.21. The van der Waals surface area contributed by atoms with E-state index < -0.39 is 0 Å². The maximum atomic E-state index is 12.6. The van der Waals surface area contributed by atoms with Gasteiger partial charge in [-0.2, -0.15) is 0 Å². The molecule has 0 fully saturated rings. The summed E-state index contributed by atoms with van der Waals surface area (Å²) in [6.45, 7) is 0.903. The fraction of sp³-hybridized carbons (Fsp3) is 0.158. The van der Waals surface area contributed by atoms with Crippen molar-refractivity contribution in [2.45, 2.75) is 0 Å². The number of amides is 1. The van der Waals surface area contributed by atoms with E-state index in [1.54, 1.807) is 29.7 Å². The predicted octanol–water partition coefficient (Wildman–Crippen LogP) is 3.84. The minimum absolute atomic E-state index is 0.248. The van der Waals surface area contributed by atoms with Gasteiger partial charge in [0, 0.05) is 28.4 Å². The summed E-state index contributed by atoms with van der Waals surface area (Å²) in [6, 6.07) is 10.9. The fourth-order valence-corrected chi connectivity index (χ4v) is 3.31. The van der Waals surface area contributed by atoms with Gasteiger partial charge in [-0.1, -0.05) is 0 Å². The van der Waals surface area contributed by atoms with Gasteiger partial charge in [-0.3, -0.25) is 4.79 Å². The highest BCUT2D eigenvalue weighted by Crippen LogP contribution is 2.40. The second kappa shape index (κ2) is 7.05.